The van der Waals surface area contributed by atoms with Gasteiger partial charge >= 0.3 is 0 Å². The van der Waals surface area contributed by atoms with Crippen LogP contribution in [0.2, 0.25) is 0 Å². The van der Waals surface area contributed by atoms with Crippen molar-refractivity contribution in [2.45, 2.75) is 31.8 Å². The summed E-state index contributed by atoms with van der Waals surface area (Å²) >= 11 is 0. The molecule has 0 amide bonds. The van der Waals surface area contributed by atoms with E-state index in [-0.39, 0.29) is 0 Å². The van der Waals surface area contributed by atoms with Gasteiger partial charge in [-0.2, -0.15) is 0 Å². The van der Waals surface area contributed by atoms with Gasteiger partial charge in [-0.3, -0.25) is 0 Å². The van der Waals surface area contributed by atoms with Gasteiger partial charge in [-0.1, -0.05) is 0 Å². The van der Waals surface area contributed by atoms with Crippen LogP contribution in [-0.4, -0.2) is 14.5 Å². The number of fused-ring (bicyclic) bond motifs is 1. The Hall–Kier alpha value is -1.42. The van der Waals surface area contributed by atoms with Crippen molar-refractivity contribution in [3.63, 3.8) is 0 Å². The molecule has 0 aromatic carbocycles. The first-order valence-electron chi connectivity index (χ1n) is 5.42. The van der Waals surface area contributed by atoms with Gasteiger partial charge in [0.05, 0.1) is 6.54 Å². The lowest BCUT2D eigenvalue weighted by Crippen LogP contribution is -2.20. The highest BCUT2D eigenvalue weighted by molar-refractivity contribution is 5.71. The molecule has 78 valence electrons. The second-order valence-corrected chi connectivity index (χ2v) is 4.03. The molecule has 4 nitrogen and oxygen atoms in total. The maximum Gasteiger partial charge on any atom is 0.160 e. The van der Waals surface area contributed by atoms with Crippen molar-refractivity contribution in [2.75, 3.05) is 0 Å². The predicted octanol–water partition coefficient (Wildman–Crippen LogP) is 1.61. The summed E-state index contributed by atoms with van der Waals surface area (Å²) in [6, 6.07) is 4.49. The van der Waals surface area contributed by atoms with Crippen LogP contribution in [0, 0.1) is 0 Å². The summed E-state index contributed by atoms with van der Waals surface area (Å²) in [5, 5.41) is 0. The van der Waals surface area contributed by atoms with Gasteiger partial charge in [0.1, 0.15) is 11.3 Å². The minimum absolute atomic E-state index is 0.493. The molecule has 3 rings (SSSR count). The molecule has 1 fully saturated rings. The monoisotopic (exact) mass is 202 g/mol. The normalized spacial score (nSPS) is 16.9. The fourth-order valence-corrected chi connectivity index (χ4v) is 2.15. The Balaban J connectivity index is 2.22. The van der Waals surface area contributed by atoms with E-state index >= 15 is 0 Å². The number of nitrogens with two attached hydrogens (primary N) is 1. The number of hydrogen-bond acceptors (Lipinski definition) is 3. The summed E-state index contributed by atoms with van der Waals surface area (Å²) in [4.78, 5) is 8.91. The average molecular weight is 202 g/mol. The van der Waals surface area contributed by atoms with E-state index in [2.05, 4.69) is 14.5 Å². The number of rotatable bonds is 2. The molecule has 0 radical (unpaired) electrons. The second kappa shape index (κ2) is 3.31. The molecule has 0 spiro atoms. The lowest BCUT2D eigenvalue weighted by molar-refractivity contribution is 0.312. The first-order chi connectivity index (χ1) is 7.40. The standard InChI is InChI=1S/C11H14N4/c12-7-10-14-9-5-2-6-13-11(9)15(10)8-3-1-4-8/h2,5-6,8H,1,3-4,7,12H2. The van der Waals surface area contributed by atoms with E-state index in [0.717, 1.165) is 17.0 Å². The van der Waals surface area contributed by atoms with Gasteiger partial charge in [-0.05, 0) is 31.4 Å². The number of hydrogen-bond donors (Lipinski definition) is 1. The van der Waals surface area contributed by atoms with E-state index in [1.807, 2.05) is 18.3 Å². The summed E-state index contributed by atoms with van der Waals surface area (Å²) in [5.41, 5.74) is 7.67. The molecule has 0 atom stereocenters. The van der Waals surface area contributed by atoms with Crippen molar-refractivity contribution >= 4 is 11.2 Å². The third-order valence-electron chi connectivity index (χ3n) is 3.14. The van der Waals surface area contributed by atoms with Gasteiger partial charge in [0.2, 0.25) is 0 Å². The van der Waals surface area contributed by atoms with Crippen LogP contribution in [0.15, 0.2) is 18.3 Å². The van der Waals surface area contributed by atoms with Crippen LogP contribution in [0.3, 0.4) is 0 Å². The van der Waals surface area contributed by atoms with Crippen LogP contribution in [0.1, 0.15) is 31.1 Å². The van der Waals surface area contributed by atoms with E-state index in [1.54, 1.807) is 0 Å². The zero-order valence-corrected chi connectivity index (χ0v) is 8.56. The lowest BCUT2D eigenvalue weighted by atomic mass is 9.93. The molecule has 15 heavy (non-hydrogen) atoms. The van der Waals surface area contributed by atoms with Crippen molar-refractivity contribution in [1.29, 1.82) is 0 Å². The van der Waals surface area contributed by atoms with Crippen LogP contribution in [-0.2, 0) is 6.54 Å². The van der Waals surface area contributed by atoms with E-state index in [9.17, 15) is 0 Å². The third-order valence-corrected chi connectivity index (χ3v) is 3.14. The molecule has 1 aliphatic rings. The highest BCUT2D eigenvalue weighted by Gasteiger charge is 2.24. The van der Waals surface area contributed by atoms with Crippen LogP contribution in [0.4, 0.5) is 0 Å². The van der Waals surface area contributed by atoms with E-state index in [1.165, 1.54) is 19.3 Å². The van der Waals surface area contributed by atoms with Gasteiger partial charge in [-0.25, -0.2) is 9.97 Å². The van der Waals surface area contributed by atoms with Crippen LogP contribution < -0.4 is 5.73 Å². The van der Waals surface area contributed by atoms with Crippen LogP contribution in [0.25, 0.3) is 11.2 Å². The molecule has 1 aliphatic carbocycles. The topological polar surface area (TPSA) is 56.7 Å². The van der Waals surface area contributed by atoms with Crippen molar-refractivity contribution in [1.82, 2.24) is 14.5 Å². The van der Waals surface area contributed by atoms with E-state index in [4.69, 9.17) is 5.73 Å². The Morgan fingerprint density at radius 1 is 1.47 bits per heavy atom. The first-order valence-corrected chi connectivity index (χ1v) is 5.42. The number of nitrogens with zero attached hydrogens (tertiary/aromatic N) is 3. The lowest BCUT2D eigenvalue weighted by Gasteiger charge is -2.28. The van der Waals surface area contributed by atoms with Crippen molar-refractivity contribution in [3.05, 3.63) is 24.2 Å². The largest absolute Gasteiger partial charge is 0.324 e. The van der Waals surface area contributed by atoms with Gasteiger partial charge in [0.15, 0.2) is 5.65 Å². The van der Waals surface area contributed by atoms with Crippen molar-refractivity contribution < 1.29 is 0 Å². The van der Waals surface area contributed by atoms with Crippen molar-refractivity contribution in [3.8, 4) is 0 Å². The summed E-state index contributed by atoms with van der Waals surface area (Å²) in [7, 11) is 0. The molecule has 2 aromatic rings. The van der Waals surface area contributed by atoms with Crippen LogP contribution in [0.5, 0.6) is 0 Å². The highest BCUT2D eigenvalue weighted by atomic mass is 15.2. The first kappa shape index (κ1) is 8.85. The zero-order valence-electron chi connectivity index (χ0n) is 8.56. The molecule has 2 aromatic heterocycles. The summed E-state index contributed by atoms with van der Waals surface area (Å²) in [6.07, 6.45) is 5.59. The molecule has 2 N–H and O–H groups in total. The maximum atomic E-state index is 5.72. The molecule has 0 unspecified atom stereocenters. The third kappa shape index (κ3) is 1.25. The minimum atomic E-state index is 0.493. The fraction of sp³-hybridized carbons (Fsp3) is 0.455. The van der Waals surface area contributed by atoms with Gasteiger partial charge < -0.3 is 10.3 Å². The van der Waals surface area contributed by atoms with Crippen LogP contribution >= 0.6 is 0 Å². The Kier molecular flexibility index (Phi) is 1.95. The van der Waals surface area contributed by atoms with Gasteiger partial charge in [0.25, 0.3) is 0 Å². The molecule has 0 saturated heterocycles. The SMILES string of the molecule is NCc1nc2cccnc2n1C1CCC1. The second-order valence-electron chi connectivity index (χ2n) is 4.03. The highest BCUT2D eigenvalue weighted by Crippen LogP contribution is 2.34. The summed E-state index contributed by atoms with van der Waals surface area (Å²) < 4.78 is 2.22. The Labute approximate surface area is 88.1 Å². The molecule has 0 aliphatic heterocycles. The zero-order chi connectivity index (χ0) is 10.3. The number of aromatic nitrogens is 3. The van der Waals surface area contributed by atoms with E-state index < -0.39 is 0 Å². The number of imidazole rings is 1. The average Bonchev–Trinajstić information content (AvgIpc) is 2.55. The number of pyridine rings is 1. The van der Waals surface area contributed by atoms with E-state index in [0.29, 0.717) is 12.6 Å². The quantitative estimate of drug-likeness (QED) is 0.805. The smallest absolute Gasteiger partial charge is 0.160 e. The predicted molar refractivity (Wildman–Crippen MR) is 58.3 cm³/mol. The minimum Gasteiger partial charge on any atom is -0.324 e. The van der Waals surface area contributed by atoms with Gasteiger partial charge in [0, 0.05) is 12.2 Å². The Morgan fingerprint density at radius 3 is 3.00 bits per heavy atom. The molecule has 0 bridgehead atoms. The van der Waals surface area contributed by atoms with Crippen molar-refractivity contribution in [2.24, 2.45) is 5.73 Å². The molecular formula is C11H14N4. The summed E-state index contributed by atoms with van der Waals surface area (Å²) in [5.74, 6) is 0.966. The molecule has 2 heterocycles. The Morgan fingerprint density at radius 2 is 2.33 bits per heavy atom. The molecule has 4 heteroatoms. The molecular weight excluding hydrogens is 188 g/mol. The fourth-order valence-electron chi connectivity index (χ4n) is 2.15. The van der Waals surface area contributed by atoms with Gasteiger partial charge in [-0.15, -0.1) is 0 Å². The maximum absolute atomic E-state index is 5.72. The molecule has 1 saturated carbocycles. The Bertz CT molecular complexity index is 484. The summed E-state index contributed by atoms with van der Waals surface area (Å²) in [6.45, 7) is 0.493.